The normalized spacial score (nSPS) is 10.6. The lowest BCUT2D eigenvalue weighted by molar-refractivity contribution is 0.493. The lowest BCUT2D eigenvalue weighted by atomic mass is 10.1. The summed E-state index contributed by atoms with van der Waals surface area (Å²) in [6, 6.07) is 4.75. The summed E-state index contributed by atoms with van der Waals surface area (Å²) in [5, 5.41) is 0. The second-order valence-corrected chi connectivity index (χ2v) is 3.74. The molecule has 2 aromatic rings. The Morgan fingerprint density at radius 3 is 2.81 bits per heavy atom. The Balaban J connectivity index is 2.02. The van der Waals surface area contributed by atoms with Crippen molar-refractivity contribution in [3.63, 3.8) is 0 Å². The molecule has 1 aromatic heterocycles. The van der Waals surface area contributed by atoms with E-state index in [-0.39, 0.29) is 11.5 Å². The van der Waals surface area contributed by atoms with Gasteiger partial charge >= 0.3 is 0 Å². The van der Waals surface area contributed by atoms with E-state index in [1.165, 1.54) is 6.07 Å². The van der Waals surface area contributed by atoms with Crippen LogP contribution in [-0.4, -0.2) is 4.98 Å². The molecule has 0 radical (unpaired) electrons. The van der Waals surface area contributed by atoms with Crippen molar-refractivity contribution in [3.05, 3.63) is 47.4 Å². The highest BCUT2D eigenvalue weighted by Gasteiger charge is 2.03. The van der Waals surface area contributed by atoms with Crippen LogP contribution in [0.4, 0.5) is 10.1 Å². The van der Waals surface area contributed by atoms with Crippen molar-refractivity contribution in [2.45, 2.75) is 19.8 Å². The predicted octanol–water partition coefficient (Wildman–Crippen LogP) is 2.49. The maximum absolute atomic E-state index is 12.9. The molecule has 0 spiro atoms. The van der Waals surface area contributed by atoms with Gasteiger partial charge in [-0.1, -0.05) is 6.07 Å². The third kappa shape index (κ3) is 2.39. The molecule has 0 atom stereocenters. The number of anilines is 1. The molecule has 0 saturated heterocycles. The number of oxazole rings is 1. The molecule has 1 heterocycles. The van der Waals surface area contributed by atoms with Gasteiger partial charge in [-0.05, 0) is 31.0 Å². The quantitative estimate of drug-likeness (QED) is 0.808. The van der Waals surface area contributed by atoms with Gasteiger partial charge in [0.1, 0.15) is 12.1 Å². The molecule has 0 aliphatic rings. The van der Waals surface area contributed by atoms with E-state index < -0.39 is 0 Å². The smallest absolute Gasteiger partial charge is 0.194 e. The lowest BCUT2D eigenvalue weighted by Crippen LogP contribution is -1.96. The Morgan fingerprint density at radius 1 is 1.38 bits per heavy atom. The minimum atomic E-state index is -0.379. The topological polar surface area (TPSA) is 52.0 Å². The molecule has 0 fully saturated rings. The van der Waals surface area contributed by atoms with Crippen LogP contribution in [0.3, 0.4) is 0 Å². The summed E-state index contributed by atoms with van der Waals surface area (Å²) in [7, 11) is 0. The van der Waals surface area contributed by atoms with Crippen LogP contribution in [0, 0.1) is 12.7 Å². The molecule has 4 heteroatoms. The van der Waals surface area contributed by atoms with Gasteiger partial charge in [0.15, 0.2) is 5.89 Å². The van der Waals surface area contributed by atoms with Crippen LogP contribution in [0.5, 0.6) is 0 Å². The molecule has 0 amide bonds. The molecule has 0 bridgehead atoms. The maximum atomic E-state index is 12.9. The Morgan fingerprint density at radius 2 is 2.19 bits per heavy atom. The van der Waals surface area contributed by atoms with Crippen LogP contribution in [-0.2, 0) is 12.8 Å². The number of aromatic nitrogens is 1. The van der Waals surface area contributed by atoms with Crippen molar-refractivity contribution in [1.29, 1.82) is 0 Å². The van der Waals surface area contributed by atoms with Gasteiger partial charge in [0.2, 0.25) is 0 Å². The summed E-state index contributed by atoms with van der Waals surface area (Å²) < 4.78 is 18.1. The SMILES string of the molecule is Cc1coc(CCc2ccc(F)c(N)c2)n1. The highest BCUT2D eigenvalue weighted by Crippen LogP contribution is 2.14. The second-order valence-electron chi connectivity index (χ2n) is 3.74. The maximum Gasteiger partial charge on any atom is 0.194 e. The van der Waals surface area contributed by atoms with Crippen molar-refractivity contribution < 1.29 is 8.81 Å². The fraction of sp³-hybridized carbons (Fsp3) is 0.250. The van der Waals surface area contributed by atoms with E-state index in [4.69, 9.17) is 10.2 Å². The Labute approximate surface area is 93.1 Å². The Hall–Kier alpha value is -1.84. The van der Waals surface area contributed by atoms with Crippen molar-refractivity contribution in [1.82, 2.24) is 4.98 Å². The first-order chi connectivity index (χ1) is 7.65. The number of rotatable bonds is 3. The first-order valence-electron chi connectivity index (χ1n) is 5.10. The zero-order chi connectivity index (χ0) is 11.5. The molecule has 0 aliphatic heterocycles. The standard InChI is InChI=1S/C12H13FN2O/c1-8-7-16-12(15-8)5-3-9-2-4-10(13)11(14)6-9/h2,4,6-7H,3,5,14H2,1H3. The van der Waals surface area contributed by atoms with Gasteiger partial charge in [-0.3, -0.25) is 0 Å². The lowest BCUT2D eigenvalue weighted by Gasteiger charge is -2.01. The van der Waals surface area contributed by atoms with Crippen LogP contribution in [0.25, 0.3) is 0 Å². The number of nitrogens with zero attached hydrogens (tertiary/aromatic N) is 1. The van der Waals surface area contributed by atoms with E-state index in [0.29, 0.717) is 12.3 Å². The van der Waals surface area contributed by atoms with Crippen LogP contribution >= 0.6 is 0 Å². The third-order valence-corrected chi connectivity index (χ3v) is 2.35. The second kappa shape index (κ2) is 4.35. The van der Waals surface area contributed by atoms with E-state index in [1.54, 1.807) is 18.4 Å². The van der Waals surface area contributed by atoms with Crippen molar-refractivity contribution in [2.75, 3.05) is 5.73 Å². The number of hydrogen-bond acceptors (Lipinski definition) is 3. The van der Waals surface area contributed by atoms with E-state index in [0.717, 1.165) is 17.7 Å². The van der Waals surface area contributed by atoms with Crippen LogP contribution < -0.4 is 5.73 Å². The van der Waals surface area contributed by atoms with Gasteiger partial charge < -0.3 is 10.2 Å². The summed E-state index contributed by atoms with van der Waals surface area (Å²) >= 11 is 0. The zero-order valence-electron chi connectivity index (χ0n) is 9.03. The Bertz CT molecular complexity index is 494. The summed E-state index contributed by atoms with van der Waals surface area (Å²) in [6.45, 7) is 1.88. The highest BCUT2D eigenvalue weighted by atomic mass is 19.1. The molecule has 16 heavy (non-hydrogen) atoms. The number of halogens is 1. The number of nitrogen functional groups attached to an aromatic ring is 1. The molecule has 84 valence electrons. The van der Waals surface area contributed by atoms with Crippen LogP contribution in [0.15, 0.2) is 28.9 Å². The zero-order valence-corrected chi connectivity index (χ0v) is 9.03. The van der Waals surface area contributed by atoms with Crippen LogP contribution in [0.1, 0.15) is 17.1 Å². The first kappa shape index (κ1) is 10.7. The summed E-state index contributed by atoms with van der Waals surface area (Å²) in [6.07, 6.45) is 3.05. The highest BCUT2D eigenvalue weighted by molar-refractivity contribution is 5.42. The Kier molecular flexibility index (Phi) is 2.90. The van der Waals surface area contributed by atoms with Crippen molar-refractivity contribution in [2.24, 2.45) is 0 Å². The van der Waals surface area contributed by atoms with E-state index in [2.05, 4.69) is 4.98 Å². The summed E-state index contributed by atoms with van der Waals surface area (Å²) in [5.41, 5.74) is 7.51. The van der Waals surface area contributed by atoms with Gasteiger partial charge in [-0.15, -0.1) is 0 Å². The van der Waals surface area contributed by atoms with Gasteiger partial charge in [0.25, 0.3) is 0 Å². The minimum Gasteiger partial charge on any atom is -0.449 e. The van der Waals surface area contributed by atoms with E-state index >= 15 is 0 Å². The minimum absolute atomic E-state index is 0.182. The molecule has 0 saturated carbocycles. The van der Waals surface area contributed by atoms with Crippen LogP contribution in [0.2, 0.25) is 0 Å². The van der Waals surface area contributed by atoms with Gasteiger partial charge in [0, 0.05) is 6.42 Å². The average Bonchev–Trinajstić information content (AvgIpc) is 2.66. The molecule has 0 aliphatic carbocycles. The van der Waals surface area contributed by atoms with Gasteiger partial charge in [-0.2, -0.15) is 0 Å². The summed E-state index contributed by atoms with van der Waals surface area (Å²) in [4.78, 5) is 4.19. The van der Waals surface area contributed by atoms with E-state index in [9.17, 15) is 4.39 Å². The molecule has 2 rings (SSSR count). The molecule has 2 N–H and O–H groups in total. The number of nitrogens with two attached hydrogens (primary N) is 1. The largest absolute Gasteiger partial charge is 0.449 e. The monoisotopic (exact) mass is 220 g/mol. The molecule has 1 aromatic carbocycles. The predicted molar refractivity (Wildman–Crippen MR) is 59.5 cm³/mol. The summed E-state index contributed by atoms with van der Waals surface area (Å²) in [5.74, 6) is 0.316. The fourth-order valence-corrected chi connectivity index (χ4v) is 1.52. The molecule has 0 unspecified atom stereocenters. The van der Waals surface area contributed by atoms with Crippen molar-refractivity contribution >= 4 is 5.69 Å². The van der Waals surface area contributed by atoms with Gasteiger partial charge in [0.05, 0.1) is 11.4 Å². The number of aryl methyl sites for hydroxylation is 3. The average molecular weight is 220 g/mol. The number of benzene rings is 1. The molecular formula is C12H13FN2O. The van der Waals surface area contributed by atoms with Crippen molar-refractivity contribution in [3.8, 4) is 0 Å². The third-order valence-electron chi connectivity index (χ3n) is 2.35. The van der Waals surface area contributed by atoms with E-state index in [1.807, 2.05) is 6.92 Å². The number of hydrogen-bond donors (Lipinski definition) is 1. The van der Waals surface area contributed by atoms with Gasteiger partial charge in [-0.25, -0.2) is 9.37 Å². The molecule has 3 nitrogen and oxygen atoms in total. The fourth-order valence-electron chi connectivity index (χ4n) is 1.52. The first-order valence-corrected chi connectivity index (χ1v) is 5.10. The molecular weight excluding hydrogens is 207 g/mol.